The van der Waals surface area contributed by atoms with Gasteiger partial charge in [0, 0.05) is 9.65 Å². The monoisotopic (exact) mass is 469 g/mol. The summed E-state index contributed by atoms with van der Waals surface area (Å²) in [6.45, 7) is -0.155. The van der Waals surface area contributed by atoms with E-state index in [4.69, 9.17) is 4.74 Å². The van der Waals surface area contributed by atoms with E-state index in [0.717, 1.165) is 16.9 Å². The molecular formula is C18H17Br2NO4. The number of carbonyl (C=O) groups is 3. The van der Waals surface area contributed by atoms with Crippen molar-refractivity contribution in [2.75, 3.05) is 6.54 Å². The van der Waals surface area contributed by atoms with Gasteiger partial charge in [0.25, 0.3) is 0 Å². The number of likely N-dealkylation sites (tertiary alicyclic amines) is 1. The normalized spacial score (nSPS) is 36.0. The molecule has 5 nitrogen and oxygen atoms in total. The van der Waals surface area contributed by atoms with Crippen LogP contribution in [0.5, 0.6) is 0 Å². The number of alkyl halides is 2. The molecule has 0 spiro atoms. The summed E-state index contributed by atoms with van der Waals surface area (Å²) in [6, 6.07) is 9.32. The molecule has 2 bridgehead atoms. The number of rotatable bonds is 4. The summed E-state index contributed by atoms with van der Waals surface area (Å²) in [5, 5.41) is 0. The van der Waals surface area contributed by atoms with Gasteiger partial charge in [0.1, 0.15) is 13.2 Å². The van der Waals surface area contributed by atoms with E-state index in [0.29, 0.717) is 0 Å². The van der Waals surface area contributed by atoms with E-state index in [2.05, 4.69) is 31.9 Å². The van der Waals surface area contributed by atoms with E-state index in [-0.39, 0.29) is 58.3 Å². The van der Waals surface area contributed by atoms with E-state index >= 15 is 0 Å². The quantitative estimate of drug-likeness (QED) is 0.385. The van der Waals surface area contributed by atoms with Crippen LogP contribution in [0.4, 0.5) is 0 Å². The highest BCUT2D eigenvalue weighted by Crippen LogP contribution is 2.60. The maximum absolute atomic E-state index is 12.7. The fourth-order valence-electron chi connectivity index (χ4n) is 4.48. The largest absolute Gasteiger partial charge is 0.459 e. The van der Waals surface area contributed by atoms with Crippen molar-refractivity contribution in [2.45, 2.75) is 22.7 Å². The van der Waals surface area contributed by atoms with Crippen molar-refractivity contribution in [2.24, 2.45) is 23.7 Å². The summed E-state index contributed by atoms with van der Waals surface area (Å²) in [7, 11) is 0. The van der Waals surface area contributed by atoms with Crippen LogP contribution in [0.15, 0.2) is 30.3 Å². The van der Waals surface area contributed by atoms with Crippen molar-refractivity contribution in [1.82, 2.24) is 4.90 Å². The van der Waals surface area contributed by atoms with E-state index in [1.165, 1.54) is 0 Å². The Morgan fingerprint density at radius 2 is 1.60 bits per heavy atom. The van der Waals surface area contributed by atoms with Crippen LogP contribution in [0, 0.1) is 23.7 Å². The number of ether oxygens (including phenoxy) is 1. The highest BCUT2D eigenvalue weighted by Gasteiger charge is 2.66. The fraction of sp³-hybridized carbons (Fsp3) is 0.500. The minimum atomic E-state index is -0.552. The molecule has 1 heterocycles. The van der Waals surface area contributed by atoms with Crippen LogP contribution in [0.2, 0.25) is 0 Å². The van der Waals surface area contributed by atoms with E-state index in [9.17, 15) is 14.4 Å². The third kappa shape index (κ3) is 2.76. The SMILES string of the molecule is O=C(CN1C(=O)[C@H]2[C@@H]3C[C@@H]([C@@H](Br)[C@H]3Br)[C@@H]2C1=O)OCc1ccccc1. The van der Waals surface area contributed by atoms with Gasteiger partial charge >= 0.3 is 5.97 Å². The number of benzene rings is 1. The molecule has 1 saturated heterocycles. The molecule has 3 aliphatic rings. The van der Waals surface area contributed by atoms with Crippen LogP contribution in [0.25, 0.3) is 0 Å². The van der Waals surface area contributed by atoms with E-state index in [1.807, 2.05) is 30.3 Å². The average molecular weight is 471 g/mol. The summed E-state index contributed by atoms with van der Waals surface area (Å²) in [4.78, 5) is 39.0. The Hall–Kier alpha value is -1.21. The summed E-state index contributed by atoms with van der Waals surface area (Å²) < 4.78 is 5.22. The minimum Gasteiger partial charge on any atom is -0.459 e. The first-order valence-corrected chi connectivity index (χ1v) is 10.1. The molecule has 0 N–H and O–H groups in total. The van der Waals surface area contributed by atoms with Crippen molar-refractivity contribution in [1.29, 1.82) is 0 Å². The number of fused-ring (bicyclic) bond motifs is 5. The molecule has 2 amide bonds. The van der Waals surface area contributed by atoms with Gasteiger partial charge in [-0.15, -0.1) is 0 Å². The van der Waals surface area contributed by atoms with Gasteiger partial charge in [0.15, 0.2) is 0 Å². The van der Waals surface area contributed by atoms with Crippen molar-refractivity contribution in [3.8, 4) is 0 Å². The molecule has 2 saturated carbocycles. The second-order valence-corrected chi connectivity index (χ2v) is 9.03. The number of amides is 2. The molecule has 1 aromatic rings. The fourth-order valence-corrected chi connectivity index (χ4v) is 6.35. The Morgan fingerprint density at radius 3 is 2.16 bits per heavy atom. The lowest BCUT2D eigenvalue weighted by Gasteiger charge is -2.28. The number of nitrogens with zero attached hydrogens (tertiary/aromatic N) is 1. The molecule has 3 fully saturated rings. The van der Waals surface area contributed by atoms with Gasteiger partial charge in [-0.25, -0.2) is 0 Å². The maximum Gasteiger partial charge on any atom is 0.326 e. The second kappa shape index (κ2) is 6.50. The first-order valence-electron chi connectivity index (χ1n) is 8.32. The maximum atomic E-state index is 12.7. The van der Waals surface area contributed by atoms with Crippen LogP contribution < -0.4 is 0 Å². The number of carbonyl (C=O) groups excluding carboxylic acids is 3. The van der Waals surface area contributed by atoms with Gasteiger partial charge in [0.05, 0.1) is 11.8 Å². The third-order valence-electron chi connectivity index (χ3n) is 5.61. The topological polar surface area (TPSA) is 63.7 Å². The van der Waals surface area contributed by atoms with Crippen molar-refractivity contribution in [3.63, 3.8) is 0 Å². The van der Waals surface area contributed by atoms with Crippen LogP contribution in [-0.4, -0.2) is 38.9 Å². The van der Waals surface area contributed by atoms with Crippen LogP contribution in [0.3, 0.4) is 0 Å². The molecule has 1 aliphatic heterocycles. The van der Waals surface area contributed by atoms with Gasteiger partial charge in [-0.1, -0.05) is 62.2 Å². The third-order valence-corrected chi connectivity index (χ3v) is 8.81. The first-order chi connectivity index (χ1) is 12.0. The lowest BCUT2D eigenvalue weighted by Crippen LogP contribution is -2.38. The van der Waals surface area contributed by atoms with Crippen molar-refractivity contribution in [3.05, 3.63) is 35.9 Å². The molecule has 2 aliphatic carbocycles. The molecule has 4 rings (SSSR count). The molecule has 6 atom stereocenters. The van der Waals surface area contributed by atoms with Crippen LogP contribution >= 0.6 is 31.9 Å². The summed E-state index contributed by atoms with van der Waals surface area (Å²) >= 11 is 7.29. The Morgan fingerprint density at radius 1 is 1.04 bits per heavy atom. The van der Waals surface area contributed by atoms with Gasteiger partial charge in [-0.05, 0) is 23.8 Å². The summed E-state index contributed by atoms with van der Waals surface area (Å²) in [6.07, 6.45) is 0.880. The highest BCUT2D eigenvalue weighted by atomic mass is 79.9. The summed E-state index contributed by atoms with van der Waals surface area (Å²) in [5.74, 6) is -1.27. The Labute approximate surface area is 162 Å². The van der Waals surface area contributed by atoms with Gasteiger partial charge in [-0.2, -0.15) is 0 Å². The average Bonchev–Trinajstić information content (AvgIpc) is 3.21. The lowest BCUT2D eigenvalue weighted by atomic mass is 9.81. The Balaban J connectivity index is 1.41. The first kappa shape index (κ1) is 17.2. The van der Waals surface area contributed by atoms with Crippen molar-refractivity contribution < 1.29 is 19.1 Å². The highest BCUT2D eigenvalue weighted by molar-refractivity contribution is 9.12. The molecule has 1 aromatic carbocycles. The Kier molecular flexibility index (Phi) is 4.48. The van der Waals surface area contributed by atoms with E-state index in [1.54, 1.807) is 0 Å². The molecule has 7 heteroatoms. The van der Waals surface area contributed by atoms with Gasteiger partial charge in [-0.3, -0.25) is 19.3 Å². The van der Waals surface area contributed by atoms with E-state index < -0.39 is 5.97 Å². The predicted octanol–water partition coefficient (Wildman–Crippen LogP) is 2.51. The molecule has 0 unspecified atom stereocenters. The number of esters is 1. The molecule has 132 valence electrons. The van der Waals surface area contributed by atoms with Crippen LogP contribution in [0.1, 0.15) is 12.0 Å². The standard InChI is InChI=1S/C18H17Br2NO4/c19-15-10-6-11(16(15)20)14-13(10)17(23)21(18(14)24)7-12(22)25-8-9-4-2-1-3-5-9/h1-5,10-11,13-16H,6-8H2/t10-,11+,13-,14-,15-,16+/m0/s1. The number of hydrogen-bond donors (Lipinski definition) is 0. The molecule has 0 aromatic heterocycles. The molecule has 25 heavy (non-hydrogen) atoms. The number of imide groups is 1. The van der Waals surface area contributed by atoms with Crippen molar-refractivity contribution >= 4 is 49.6 Å². The summed E-state index contributed by atoms with van der Waals surface area (Å²) in [5.41, 5.74) is 0.870. The lowest BCUT2D eigenvalue weighted by molar-refractivity contribution is -0.154. The minimum absolute atomic E-state index is 0.140. The van der Waals surface area contributed by atoms with Gasteiger partial charge in [0.2, 0.25) is 11.8 Å². The number of hydrogen-bond acceptors (Lipinski definition) is 4. The zero-order valence-corrected chi connectivity index (χ0v) is 16.5. The predicted molar refractivity (Wildman–Crippen MR) is 97.0 cm³/mol. The Bertz CT molecular complexity index is 693. The molecule has 0 radical (unpaired) electrons. The zero-order valence-electron chi connectivity index (χ0n) is 13.3. The smallest absolute Gasteiger partial charge is 0.326 e. The van der Waals surface area contributed by atoms with Gasteiger partial charge < -0.3 is 4.74 Å². The number of halogens is 2. The zero-order chi connectivity index (χ0) is 17.7. The molecular weight excluding hydrogens is 454 g/mol. The second-order valence-electron chi connectivity index (χ2n) is 6.91. The van der Waals surface area contributed by atoms with Crippen LogP contribution in [-0.2, 0) is 25.7 Å².